The summed E-state index contributed by atoms with van der Waals surface area (Å²) in [6.45, 7) is 7.74. The molecule has 0 aliphatic rings. The molecule has 132 valence electrons. The largest absolute Gasteiger partial charge is 0.483 e. The first-order valence-electron chi connectivity index (χ1n) is 8.12. The lowest BCUT2D eigenvalue weighted by Gasteiger charge is -2.15. The fraction of sp³-hybridized carbons (Fsp3) is 0.316. The van der Waals surface area contributed by atoms with Crippen molar-refractivity contribution in [1.29, 1.82) is 0 Å². The molecule has 0 saturated heterocycles. The van der Waals surface area contributed by atoms with Crippen molar-refractivity contribution >= 4 is 11.8 Å². The number of carbonyl (C=O) groups excluding carboxylic acids is 2. The predicted octanol–water partition coefficient (Wildman–Crippen LogP) is 2.66. The zero-order chi connectivity index (χ0) is 18.4. The molecule has 0 spiro atoms. The molecule has 1 heterocycles. The first-order valence-corrected chi connectivity index (χ1v) is 8.12. The van der Waals surface area contributed by atoms with Crippen molar-refractivity contribution in [1.82, 2.24) is 15.8 Å². The second-order valence-electron chi connectivity index (χ2n) is 6.18. The molecule has 0 fully saturated rings. The summed E-state index contributed by atoms with van der Waals surface area (Å²) < 4.78 is 5.62. The van der Waals surface area contributed by atoms with Crippen molar-refractivity contribution in [2.45, 2.75) is 33.6 Å². The third-order valence-electron chi connectivity index (χ3n) is 3.64. The molecule has 2 N–H and O–H groups in total. The molecule has 6 nitrogen and oxygen atoms in total. The Bertz CT molecular complexity index is 755. The van der Waals surface area contributed by atoms with E-state index in [0.717, 1.165) is 16.8 Å². The molecule has 0 unspecified atom stereocenters. The standard InChI is InChI=1S/C19H23N3O3/c1-12(2)16-8-5-13(3)9-17(16)25-11-18(23)21-22-19(24)15-7-6-14(4)20-10-15/h5-10,12H,11H2,1-4H3,(H,21,23)(H,22,24). The maximum Gasteiger partial charge on any atom is 0.276 e. The number of aryl methyl sites for hydroxylation is 2. The minimum Gasteiger partial charge on any atom is -0.483 e. The van der Waals surface area contributed by atoms with Crippen molar-refractivity contribution in [2.75, 3.05) is 6.61 Å². The molecule has 6 heteroatoms. The van der Waals surface area contributed by atoms with Gasteiger partial charge >= 0.3 is 0 Å². The minimum absolute atomic E-state index is 0.185. The average molecular weight is 341 g/mol. The van der Waals surface area contributed by atoms with E-state index >= 15 is 0 Å². The summed E-state index contributed by atoms with van der Waals surface area (Å²) in [5.74, 6) is 0.0931. The molecule has 0 bridgehead atoms. The first kappa shape index (κ1) is 18.4. The van der Waals surface area contributed by atoms with E-state index in [1.165, 1.54) is 6.20 Å². The number of amides is 2. The lowest BCUT2D eigenvalue weighted by molar-refractivity contribution is -0.123. The molecule has 0 atom stereocenters. The maximum atomic E-state index is 11.9. The van der Waals surface area contributed by atoms with E-state index < -0.39 is 11.8 Å². The van der Waals surface area contributed by atoms with Crippen molar-refractivity contribution in [2.24, 2.45) is 0 Å². The highest BCUT2D eigenvalue weighted by atomic mass is 16.5. The number of benzene rings is 1. The number of carbonyl (C=O) groups is 2. The van der Waals surface area contributed by atoms with E-state index in [1.807, 2.05) is 32.0 Å². The molecule has 0 radical (unpaired) electrons. The topological polar surface area (TPSA) is 80.3 Å². The number of pyridine rings is 1. The molecule has 0 saturated carbocycles. The molecular weight excluding hydrogens is 318 g/mol. The van der Waals surface area contributed by atoms with Gasteiger partial charge in [-0.3, -0.25) is 25.4 Å². The smallest absolute Gasteiger partial charge is 0.276 e. The van der Waals surface area contributed by atoms with Crippen LogP contribution < -0.4 is 15.6 Å². The minimum atomic E-state index is -0.440. The maximum absolute atomic E-state index is 11.9. The molecule has 2 rings (SSSR count). The summed E-state index contributed by atoms with van der Waals surface area (Å²) in [7, 11) is 0. The van der Waals surface area contributed by atoms with Crippen molar-refractivity contribution in [3.63, 3.8) is 0 Å². The second kappa shape index (κ2) is 8.28. The number of aromatic nitrogens is 1. The number of nitrogens with zero attached hydrogens (tertiary/aromatic N) is 1. The lowest BCUT2D eigenvalue weighted by atomic mass is 10.0. The predicted molar refractivity (Wildman–Crippen MR) is 95.3 cm³/mol. The van der Waals surface area contributed by atoms with Gasteiger partial charge in [-0.1, -0.05) is 26.0 Å². The average Bonchev–Trinajstić information content (AvgIpc) is 2.58. The Balaban J connectivity index is 1.88. The van der Waals surface area contributed by atoms with Crippen LogP contribution in [0, 0.1) is 13.8 Å². The van der Waals surface area contributed by atoms with Gasteiger partial charge < -0.3 is 4.74 Å². The summed E-state index contributed by atoms with van der Waals surface area (Å²) in [5, 5.41) is 0. The molecular formula is C19H23N3O3. The summed E-state index contributed by atoms with van der Waals surface area (Å²) in [6, 6.07) is 9.28. The quantitative estimate of drug-likeness (QED) is 0.820. The fourth-order valence-corrected chi connectivity index (χ4v) is 2.22. The number of nitrogens with one attached hydrogen (secondary N) is 2. The van der Waals surface area contributed by atoms with Gasteiger partial charge in [0.25, 0.3) is 11.8 Å². The van der Waals surface area contributed by atoms with Gasteiger partial charge in [0.1, 0.15) is 5.75 Å². The highest BCUT2D eigenvalue weighted by Crippen LogP contribution is 2.27. The van der Waals surface area contributed by atoms with E-state index in [4.69, 9.17) is 4.74 Å². The zero-order valence-corrected chi connectivity index (χ0v) is 14.9. The van der Waals surface area contributed by atoms with Gasteiger partial charge in [0.05, 0.1) is 5.56 Å². The fourth-order valence-electron chi connectivity index (χ4n) is 2.22. The Morgan fingerprint density at radius 3 is 2.52 bits per heavy atom. The van der Waals surface area contributed by atoms with Crippen LogP contribution in [0.5, 0.6) is 5.75 Å². The van der Waals surface area contributed by atoms with Crippen LogP contribution in [0.2, 0.25) is 0 Å². The second-order valence-corrected chi connectivity index (χ2v) is 6.18. The molecule has 2 amide bonds. The third kappa shape index (κ3) is 5.31. The highest BCUT2D eigenvalue weighted by Gasteiger charge is 2.11. The molecule has 1 aromatic carbocycles. The highest BCUT2D eigenvalue weighted by molar-refractivity contribution is 5.95. The van der Waals surface area contributed by atoms with Crippen LogP contribution in [0.4, 0.5) is 0 Å². The Morgan fingerprint density at radius 2 is 1.88 bits per heavy atom. The number of hydrogen-bond donors (Lipinski definition) is 2. The summed E-state index contributed by atoms with van der Waals surface area (Å²) in [5.41, 5.74) is 7.95. The molecule has 25 heavy (non-hydrogen) atoms. The number of hydrazine groups is 1. The Kier molecular flexibility index (Phi) is 6.11. The number of ether oxygens (including phenoxy) is 1. The van der Waals surface area contributed by atoms with Gasteiger partial charge in [-0.15, -0.1) is 0 Å². The van der Waals surface area contributed by atoms with Crippen LogP contribution in [0.3, 0.4) is 0 Å². The van der Waals surface area contributed by atoms with Crippen LogP contribution in [0.15, 0.2) is 36.5 Å². The van der Waals surface area contributed by atoms with E-state index in [2.05, 4.69) is 29.7 Å². The van der Waals surface area contributed by atoms with E-state index in [9.17, 15) is 9.59 Å². The zero-order valence-electron chi connectivity index (χ0n) is 14.9. The summed E-state index contributed by atoms with van der Waals surface area (Å²) in [6.07, 6.45) is 1.45. The monoisotopic (exact) mass is 341 g/mol. The molecule has 1 aromatic heterocycles. The first-order chi connectivity index (χ1) is 11.9. The van der Waals surface area contributed by atoms with Gasteiger partial charge in [0.15, 0.2) is 6.61 Å². The van der Waals surface area contributed by atoms with Crippen LogP contribution in [-0.2, 0) is 4.79 Å². The van der Waals surface area contributed by atoms with Gasteiger partial charge in [-0.2, -0.15) is 0 Å². The Morgan fingerprint density at radius 1 is 1.12 bits per heavy atom. The molecule has 0 aliphatic heterocycles. The van der Waals surface area contributed by atoms with Crippen molar-refractivity contribution < 1.29 is 14.3 Å². The third-order valence-corrected chi connectivity index (χ3v) is 3.64. The summed E-state index contributed by atoms with van der Waals surface area (Å²) in [4.78, 5) is 27.9. The van der Waals surface area contributed by atoms with E-state index in [0.29, 0.717) is 11.3 Å². The number of hydrogen-bond acceptors (Lipinski definition) is 4. The normalized spacial score (nSPS) is 10.4. The van der Waals surface area contributed by atoms with Gasteiger partial charge in [0, 0.05) is 11.9 Å². The van der Waals surface area contributed by atoms with Gasteiger partial charge in [-0.05, 0) is 49.1 Å². The Labute approximate surface area is 147 Å². The van der Waals surface area contributed by atoms with Crippen LogP contribution in [0.25, 0.3) is 0 Å². The van der Waals surface area contributed by atoms with Crippen molar-refractivity contribution in [3.05, 3.63) is 58.9 Å². The summed E-state index contributed by atoms with van der Waals surface area (Å²) >= 11 is 0. The number of rotatable bonds is 5. The van der Waals surface area contributed by atoms with Gasteiger partial charge in [-0.25, -0.2) is 0 Å². The van der Waals surface area contributed by atoms with Gasteiger partial charge in [0.2, 0.25) is 0 Å². The van der Waals surface area contributed by atoms with E-state index in [-0.39, 0.29) is 12.5 Å². The van der Waals surface area contributed by atoms with Crippen LogP contribution in [0.1, 0.15) is 46.9 Å². The van der Waals surface area contributed by atoms with Crippen molar-refractivity contribution in [3.8, 4) is 5.75 Å². The van der Waals surface area contributed by atoms with Crippen LogP contribution in [-0.4, -0.2) is 23.4 Å². The SMILES string of the molecule is Cc1ccc(C(C)C)c(OCC(=O)NNC(=O)c2ccc(C)nc2)c1. The Hall–Kier alpha value is -2.89. The lowest BCUT2D eigenvalue weighted by Crippen LogP contribution is -2.43. The molecule has 0 aliphatic carbocycles. The van der Waals surface area contributed by atoms with E-state index in [1.54, 1.807) is 12.1 Å². The molecule has 2 aromatic rings. The van der Waals surface area contributed by atoms with Crippen LogP contribution >= 0.6 is 0 Å².